The van der Waals surface area contributed by atoms with Gasteiger partial charge >= 0.3 is 11.4 Å². The molecule has 0 aromatic heterocycles. The maximum atomic E-state index is 14.4. The summed E-state index contributed by atoms with van der Waals surface area (Å²) >= 11 is -1.72. The maximum Gasteiger partial charge on any atom is 0.643 e. The molecular weight excluding hydrogens is 645 g/mol. The molecule has 38 heavy (non-hydrogen) atoms. The Labute approximate surface area is 217 Å². The summed E-state index contributed by atoms with van der Waals surface area (Å²) in [5.41, 5.74) is -8.03. The summed E-state index contributed by atoms with van der Waals surface area (Å²) in [6.07, 6.45) is 0. The minimum Gasteiger partial charge on any atom is -0.214 e. The fraction of sp³-hybridized carbons (Fsp3) is 0. The van der Waals surface area contributed by atoms with E-state index in [9.17, 15) is 65.9 Å². The van der Waals surface area contributed by atoms with Crippen molar-refractivity contribution in [3.63, 3.8) is 0 Å². The zero-order valence-corrected chi connectivity index (χ0v) is 20.4. The molecule has 3 aromatic rings. The Kier molecular flexibility index (Phi) is 10.3. The van der Waals surface area contributed by atoms with Crippen molar-refractivity contribution in [3.05, 3.63) is 87.3 Å². The minimum atomic E-state index is -3.96. The molecule has 0 bridgehead atoms. The van der Waals surface area contributed by atoms with Gasteiger partial charge in [0.2, 0.25) is 0 Å². The summed E-state index contributed by atoms with van der Waals surface area (Å²) in [6, 6.07) is 0. The third-order valence-corrected chi connectivity index (χ3v) is 4.60. The van der Waals surface area contributed by atoms with Crippen molar-refractivity contribution >= 4 is 64.6 Å². The molecule has 0 nitrogen and oxygen atoms in total. The standard InChI is InChI=1S/C18BF15.Al.3ClH/c20-4-1(5(21)11(27)16(32)10(4)26)19(2-6(22)12(28)17(33)13(29)7(2)23)3-8(24)14(30)18(34)15(31)9(3)25;;;;/h;;3*1H/q;+3;;;/p-3. The molecule has 0 aliphatic heterocycles. The van der Waals surface area contributed by atoms with Crippen molar-refractivity contribution in [1.82, 2.24) is 0 Å². The number of benzene rings is 3. The van der Waals surface area contributed by atoms with Crippen LogP contribution in [0.1, 0.15) is 0 Å². The molecule has 0 N–H and O–H groups in total. The predicted octanol–water partition coefficient (Wildman–Crippen LogP) is 5.98. The van der Waals surface area contributed by atoms with Gasteiger partial charge in [0, 0.05) is 16.4 Å². The first kappa shape index (κ1) is 32.3. The first-order valence-corrected chi connectivity index (χ1v) is 14.1. The Morgan fingerprint density at radius 3 is 0.526 bits per heavy atom. The van der Waals surface area contributed by atoms with Crippen LogP contribution in [0.4, 0.5) is 65.9 Å². The van der Waals surface area contributed by atoms with Crippen LogP contribution < -0.4 is 16.4 Å². The highest BCUT2D eigenvalue weighted by atomic mass is 35.8. The summed E-state index contributed by atoms with van der Waals surface area (Å²) in [5, 5.41) is 0. The zero-order valence-electron chi connectivity index (χ0n) is 17.0. The Balaban J connectivity index is 0.00000118. The van der Waals surface area contributed by atoms with Crippen molar-refractivity contribution in [2.24, 2.45) is 0 Å². The molecule has 0 aliphatic rings. The molecule has 0 unspecified atom stereocenters. The summed E-state index contributed by atoms with van der Waals surface area (Å²) in [4.78, 5) is 0. The van der Waals surface area contributed by atoms with E-state index in [-0.39, 0.29) is 0 Å². The first-order chi connectivity index (χ1) is 17.4. The van der Waals surface area contributed by atoms with Crippen LogP contribution in [0.25, 0.3) is 0 Å². The lowest BCUT2D eigenvalue weighted by Gasteiger charge is -2.21. The highest BCUT2D eigenvalue weighted by Crippen LogP contribution is 2.23. The molecular formula is C18AlBCl3F15. The lowest BCUT2D eigenvalue weighted by atomic mass is 9.36. The number of hydrogen-bond acceptors (Lipinski definition) is 0. The summed E-state index contributed by atoms with van der Waals surface area (Å²) in [6.45, 7) is -3.96. The second-order valence-corrected chi connectivity index (χ2v) is 13.1. The zero-order chi connectivity index (χ0) is 29.5. The van der Waals surface area contributed by atoms with Gasteiger partial charge in [0.15, 0.2) is 87.3 Å². The van der Waals surface area contributed by atoms with Crippen LogP contribution in [-0.2, 0) is 0 Å². The van der Waals surface area contributed by atoms with E-state index in [1.165, 1.54) is 0 Å². The van der Waals surface area contributed by atoms with Crippen molar-refractivity contribution < 1.29 is 65.9 Å². The number of rotatable bonds is 3. The molecule has 20 heteroatoms. The number of hydrogen-bond donors (Lipinski definition) is 0. The fourth-order valence-electron chi connectivity index (χ4n) is 3.06. The lowest BCUT2D eigenvalue weighted by Crippen LogP contribution is -2.60. The third-order valence-electron chi connectivity index (χ3n) is 4.60. The molecule has 0 spiro atoms. The van der Waals surface area contributed by atoms with Gasteiger partial charge in [-0.05, 0) is 0 Å². The van der Waals surface area contributed by atoms with Crippen molar-refractivity contribution in [1.29, 1.82) is 0 Å². The van der Waals surface area contributed by atoms with Crippen LogP contribution in [0.3, 0.4) is 0 Å². The Bertz CT molecular complexity index is 1180. The van der Waals surface area contributed by atoms with Crippen LogP contribution in [0.15, 0.2) is 0 Å². The largest absolute Gasteiger partial charge is 0.643 e. The molecule has 0 saturated carbocycles. The van der Waals surface area contributed by atoms with Crippen LogP contribution in [-0.4, -0.2) is 18.1 Å². The monoisotopic (exact) mass is 644 g/mol. The van der Waals surface area contributed by atoms with E-state index in [1.54, 1.807) is 0 Å². The van der Waals surface area contributed by atoms with Gasteiger partial charge in [-0.15, -0.1) is 0 Å². The minimum absolute atomic E-state index is 1.72. The molecule has 0 atom stereocenters. The molecule has 3 aromatic carbocycles. The van der Waals surface area contributed by atoms with Crippen molar-refractivity contribution in [3.8, 4) is 0 Å². The smallest absolute Gasteiger partial charge is 0.214 e. The average molecular weight is 645 g/mol. The Morgan fingerprint density at radius 1 is 0.289 bits per heavy atom. The Morgan fingerprint density at radius 2 is 0.395 bits per heavy atom. The summed E-state index contributed by atoms with van der Waals surface area (Å²) in [7, 11) is 14.8. The van der Waals surface area contributed by atoms with E-state index in [0.29, 0.717) is 0 Å². The molecule has 0 radical (unpaired) electrons. The van der Waals surface area contributed by atoms with Crippen LogP contribution in [0, 0.1) is 87.3 Å². The summed E-state index contributed by atoms with van der Waals surface area (Å²) < 4.78 is 209. The molecule has 0 fully saturated rings. The summed E-state index contributed by atoms with van der Waals surface area (Å²) in [5.74, 6) is -45.2. The fourth-order valence-corrected chi connectivity index (χ4v) is 3.06. The lowest BCUT2D eigenvalue weighted by molar-refractivity contribution is 0.380. The van der Waals surface area contributed by atoms with Gasteiger partial charge in [-0.3, -0.25) is 0 Å². The molecule has 3 rings (SSSR count). The van der Waals surface area contributed by atoms with E-state index in [0.717, 1.165) is 0 Å². The molecule has 0 amide bonds. The van der Waals surface area contributed by atoms with Gasteiger partial charge in [-0.1, -0.05) is 0 Å². The van der Waals surface area contributed by atoms with Crippen molar-refractivity contribution in [2.75, 3.05) is 0 Å². The topological polar surface area (TPSA) is 0 Å². The second-order valence-electron chi connectivity index (χ2n) is 6.63. The van der Waals surface area contributed by atoms with Crippen LogP contribution in [0.5, 0.6) is 0 Å². The quantitative estimate of drug-likeness (QED) is 0.143. The van der Waals surface area contributed by atoms with Crippen LogP contribution >= 0.6 is 30.1 Å². The second kappa shape index (κ2) is 12.1. The Hall–Kier alpha value is -1.92. The maximum absolute atomic E-state index is 14.4. The third kappa shape index (κ3) is 5.53. The molecule has 0 aliphatic carbocycles. The SMILES string of the molecule is Fc1c(F)c(F)c(B(c2c(F)c(F)c(F)c(F)c2F)c2c(F)c(F)c(F)c(F)c2F)c(F)c1F.[Cl][Al]([Cl])[Cl]. The van der Waals surface area contributed by atoms with Gasteiger partial charge in [-0.25, -0.2) is 96.0 Å². The van der Waals surface area contributed by atoms with Gasteiger partial charge in [-0.2, -0.15) is 0 Å². The van der Waals surface area contributed by atoms with E-state index in [4.69, 9.17) is 30.1 Å². The molecule has 0 heterocycles. The predicted molar refractivity (Wildman–Crippen MR) is 107 cm³/mol. The van der Waals surface area contributed by atoms with Gasteiger partial charge < -0.3 is 0 Å². The van der Waals surface area contributed by atoms with Crippen LogP contribution in [0.2, 0.25) is 0 Å². The molecule has 204 valence electrons. The van der Waals surface area contributed by atoms with E-state index < -0.39 is 122 Å². The first-order valence-electron chi connectivity index (χ1n) is 8.86. The van der Waals surface area contributed by atoms with Gasteiger partial charge in [0.05, 0.1) is 0 Å². The van der Waals surface area contributed by atoms with E-state index >= 15 is 0 Å². The molecule has 0 saturated heterocycles. The van der Waals surface area contributed by atoms with E-state index in [1.807, 2.05) is 0 Å². The van der Waals surface area contributed by atoms with E-state index in [2.05, 4.69) is 0 Å². The average Bonchev–Trinajstić information content (AvgIpc) is 2.85. The normalized spacial score (nSPS) is 10.9. The number of halogens is 18. The van der Waals surface area contributed by atoms with Crippen molar-refractivity contribution in [2.45, 2.75) is 0 Å². The van der Waals surface area contributed by atoms with Gasteiger partial charge in [0.1, 0.15) is 0 Å². The highest BCUT2D eigenvalue weighted by molar-refractivity contribution is 7.54. The van der Waals surface area contributed by atoms with Gasteiger partial charge in [0.25, 0.3) is 6.71 Å². The highest BCUT2D eigenvalue weighted by Gasteiger charge is 2.45.